The van der Waals surface area contributed by atoms with E-state index in [4.69, 9.17) is 9.47 Å². The average Bonchev–Trinajstić information content (AvgIpc) is 2.99. The van der Waals surface area contributed by atoms with Crippen molar-refractivity contribution in [1.29, 1.82) is 0 Å². The van der Waals surface area contributed by atoms with E-state index >= 15 is 0 Å². The summed E-state index contributed by atoms with van der Waals surface area (Å²) in [5.74, 6) is 1.71. The summed E-state index contributed by atoms with van der Waals surface area (Å²) in [4.78, 5) is 28.5. The van der Waals surface area contributed by atoms with Crippen molar-refractivity contribution in [3.63, 3.8) is 0 Å². The summed E-state index contributed by atoms with van der Waals surface area (Å²) in [5, 5.41) is 0. The molecule has 1 aliphatic rings. The van der Waals surface area contributed by atoms with Crippen LogP contribution in [0, 0.1) is 5.92 Å². The second-order valence-electron chi connectivity index (χ2n) is 7.54. The Morgan fingerprint density at radius 1 is 0.862 bits per heavy atom. The Kier molecular flexibility index (Phi) is 7.11. The summed E-state index contributed by atoms with van der Waals surface area (Å²) in [6, 6.07) is 16.7. The summed E-state index contributed by atoms with van der Waals surface area (Å²) in [6.07, 6.45) is 0.438. The maximum atomic E-state index is 12.9. The van der Waals surface area contributed by atoms with Crippen molar-refractivity contribution in [1.82, 2.24) is 9.80 Å². The SMILES string of the molecule is CC(C)COC(=O)N1CCCN(C(=O)c2ccc(Oc3ccccc3)cc2)CC1. The van der Waals surface area contributed by atoms with Crippen LogP contribution in [-0.2, 0) is 4.74 Å². The van der Waals surface area contributed by atoms with Crippen LogP contribution < -0.4 is 4.74 Å². The van der Waals surface area contributed by atoms with E-state index in [2.05, 4.69) is 0 Å². The predicted molar refractivity (Wildman–Crippen MR) is 111 cm³/mol. The highest BCUT2D eigenvalue weighted by Gasteiger charge is 2.23. The molecule has 2 aromatic rings. The van der Waals surface area contributed by atoms with Gasteiger partial charge in [0.2, 0.25) is 0 Å². The molecule has 0 saturated carbocycles. The third-order valence-corrected chi connectivity index (χ3v) is 4.66. The van der Waals surface area contributed by atoms with Gasteiger partial charge in [0.05, 0.1) is 6.61 Å². The highest BCUT2D eigenvalue weighted by Crippen LogP contribution is 2.22. The van der Waals surface area contributed by atoms with Gasteiger partial charge in [0.25, 0.3) is 5.91 Å². The Labute approximate surface area is 172 Å². The Balaban J connectivity index is 1.55. The topological polar surface area (TPSA) is 59.1 Å². The van der Waals surface area contributed by atoms with Gasteiger partial charge in [0, 0.05) is 31.7 Å². The van der Waals surface area contributed by atoms with E-state index in [1.165, 1.54) is 0 Å². The monoisotopic (exact) mass is 396 g/mol. The second-order valence-corrected chi connectivity index (χ2v) is 7.54. The van der Waals surface area contributed by atoms with Crippen molar-refractivity contribution in [2.24, 2.45) is 5.92 Å². The van der Waals surface area contributed by atoms with Crippen molar-refractivity contribution in [2.75, 3.05) is 32.8 Å². The first-order valence-corrected chi connectivity index (χ1v) is 10.1. The molecule has 0 N–H and O–H groups in total. The van der Waals surface area contributed by atoms with Crippen molar-refractivity contribution in [3.05, 3.63) is 60.2 Å². The van der Waals surface area contributed by atoms with Crippen LogP contribution in [0.4, 0.5) is 4.79 Å². The van der Waals surface area contributed by atoms with Gasteiger partial charge in [0.15, 0.2) is 0 Å². The highest BCUT2D eigenvalue weighted by molar-refractivity contribution is 5.94. The van der Waals surface area contributed by atoms with Crippen LogP contribution in [0.1, 0.15) is 30.6 Å². The molecule has 6 heteroatoms. The summed E-state index contributed by atoms with van der Waals surface area (Å²) >= 11 is 0. The number of amides is 2. The molecular formula is C23H28N2O4. The molecule has 1 heterocycles. The minimum atomic E-state index is -0.296. The molecule has 154 valence electrons. The Hall–Kier alpha value is -3.02. The lowest BCUT2D eigenvalue weighted by Crippen LogP contribution is -2.37. The van der Waals surface area contributed by atoms with E-state index in [0.29, 0.717) is 50.0 Å². The molecule has 0 radical (unpaired) electrons. The number of carbonyl (C=O) groups is 2. The minimum Gasteiger partial charge on any atom is -0.457 e. The highest BCUT2D eigenvalue weighted by atomic mass is 16.6. The summed E-state index contributed by atoms with van der Waals surface area (Å²) in [6.45, 7) is 6.63. The van der Waals surface area contributed by atoms with Crippen LogP contribution in [0.5, 0.6) is 11.5 Å². The van der Waals surface area contributed by atoms with Crippen LogP contribution >= 0.6 is 0 Å². The van der Waals surface area contributed by atoms with Crippen molar-refractivity contribution >= 4 is 12.0 Å². The van der Waals surface area contributed by atoms with E-state index < -0.39 is 0 Å². The molecule has 2 amide bonds. The van der Waals surface area contributed by atoms with Gasteiger partial charge in [-0.1, -0.05) is 32.0 Å². The minimum absolute atomic E-state index is 0.0336. The average molecular weight is 396 g/mol. The summed E-state index contributed by atoms with van der Waals surface area (Å²) in [7, 11) is 0. The number of hydrogen-bond donors (Lipinski definition) is 0. The zero-order valence-corrected chi connectivity index (χ0v) is 17.0. The molecule has 3 rings (SSSR count). The molecule has 29 heavy (non-hydrogen) atoms. The number of benzene rings is 2. The van der Waals surface area contributed by atoms with Gasteiger partial charge < -0.3 is 19.3 Å². The molecule has 1 aliphatic heterocycles. The van der Waals surface area contributed by atoms with Gasteiger partial charge in [-0.15, -0.1) is 0 Å². The van der Waals surface area contributed by atoms with E-state index in [9.17, 15) is 9.59 Å². The summed E-state index contributed by atoms with van der Waals surface area (Å²) in [5.41, 5.74) is 0.612. The molecule has 6 nitrogen and oxygen atoms in total. The van der Waals surface area contributed by atoms with Gasteiger partial charge >= 0.3 is 6.09 Å². The zero-order chi connectivity index (χ0) is 20.6. The molecule has 1 saturated heterocycles. The Bertz CT molecular complexity index is 805. The smallest absolute Gasteiger partial charge is 0.409 e. The fourth-order valence-corrected chi connectivity index (χ4v) is 3.11. The maximum Gasteiger partial charge on any atom is 0.409 e. The molecule has 0 spiro atoms. The lowest BCUT2D eigenvalue weighted by Gasteiger charge is -2.22. The fraction of sp³-hybridized carbons (Fsp3) is 0.391. The standard InChI is InChI=1S/C23H28N2O4/c1-18(2)17-28-23(27)25-14-6-13-24(15-16-25)22(26)19-9-11-21(12-10-19)29-20-7-4-3-5-8-20/h3-5,7-12,18H,6,13-17H2,1-2H3. The molecule has 0 aliphatic carbocycles. The largest absolute Gasteiger partial charge is 0.457 e. The van der Waals surface area contributed by atoms with E-state index in [0.717, 1.165) is 12.2 Å². The molecule has 0 bridgehead atoms. The normalized spacial score (nSPS) is 14.4. The molecular weight excluding hydrogens is 368 g/mol. The molecule has 0 aromatic heterocycles. The van der Waals surface area contributed by atoms with Crippen LogP contribution in [0.2, 0.25) is 0 Å². The first kappa shape index (κ1) is 20.7. The van der Waals surface area contributed by atoms with Crippen LogP contribution in [0.25, 0.3) is 0 Å². The first-order chi connectivity index (χ1) is 14.0. The Morgan fingerprint density at radius 2 is 1.48 bits per heavy atom. The van der Waals surface area contributed by atoms with Crippen molar-refractivity contribution in [3.8, 4) is 11.5 Å². The number of hydrogen-bond acceptors (Lipinski definition) is 4. The lowest BCUT2D eigenvalue weighted by molar-refractivity contribution is 0.0746. The van der Waals surface area contributed by atoms with Gasteiger partial charge in [-0.25, -0.2) is 4.79 Å². The molecule has 0 atom stereocenters. The Morgan fingerprint density at radius 3 is 2.17 bits per heavy atom. The third kappa shape index (κ3) is 5.98. The van der Waals surface area contributed by atoms with Crippen molar-refractivity contribution in [2.45, 2.75) is 20.3 Å². The van der Waals surface area contributed by atoms with Gasteiger partial charge in [-0.2, -0.15) is 0 Å². The molecule has 0 unspecified atom stereocenters. The third-order valence-electron chi connectivity index (χ3n) is 4.66. The number of nitrogens with zero attached hydrogens (tertiary/aromatic N) is 2. The van der Waals surface area contributed by atoms with Gasteiger partial charge in [-0.3, -0.25) is 4.79 Å². The first-order valence-electron chi connectivity index (χ1n) is 10.1. The quantitative estimate of drug-likeness (QED) is 0.751. The lowest BCUT2D eigenvalue weighted by atomic mass is 10.2. The predicted octanol–water partition coefficient (Wildman–Crippen LogP) is 4.42. The number of para-hydroxylation sites is 1. The molecule has 1 fully saturated rings. The van der Waals surface area contributed by atoms with E-state index in [-0.39, 0.29) is 12.0 Å². The van der Waals surface area contributed by atoms with Gasteiger partial charge in [-0.05, 0) is 48.7 Å². The zero-order valence-electron chi connectivity index (χ0n) is 17.0. The second kappa shape index (κ2) is 9.96. The maximum absolute atomic E-state index is 12.9. The fourth-order valence-electron chi connectivity index (χ4n) is 3.11. The summed E-state index contributed by atoms with van der Waals surface area (Å²) < 4.78 is 11.1. The van der Waals surface area contributed by atoms with E-state index in [1.54, 1.807) is 34.1 Å². The number of rotatable bonds is 5. The number of ether oxygens (including phenoxy) is 2. The van der Waals surface area contributed by atoms with Crippen LogP contribution in [0.15, 0.2) is 54.6 Å². The van der Waals surface area contributed by atoms with Crippen LogP contribution in [-0.4, -0.2) is 54.6 Å². The van der Waals surface area contributed by atoms with Crippen LogP contribution in [0.3, 0.4) is 0 Å². The van der Waals surface area contributed by atoms with Gasteiger partial charge in [0.1, 0.15) is 11.5 Å². The number of carbonyl (C=O) groups excluding carboxylic acids is 2. The van der Waals surface area contributed by atoms with E-state index in [1.807, 2.05) is 44.2 Å². The molecule has 2 aromatic carbocycles. The van der Waals surface area contributed by atoms with Crippen molar-refractivity contribution < 1.29 is 19.1 Å².